The van der Waals surface area contributed by atoms with E-state index in [1.165, 1.54) is 0 Å². The van der Waals surface area contributed by atoms with Crippen molar-refractivity contribution in [2.75, 3.05) is 26.2 Å². The molecule has 0 aliphatic carbocycles. The molecular weight excluding hydrogens is 362 g/mol. The number of carbonyl (C=O) groups is 5. The number of carbonyl (C=O) groups excluding carboxylic acids is 2. The van der Waals surface area contributed by atoms with Gasteiger partial charge in [-0.3, -0.25) is 24.0 Å². The fourth-order valence-electron chi connectivity index (χ4n) is 1.68. The largest absolute Gasteiger partial charge is 0.480 e. The Morgan fingerprint density at radius 1 is 0.846 bits per heavy atom. The molecule has 0 saturated carbocycles. The van der Waals surface area contributed by atoms with Gasteiger partial charge in [0.05, 0.1) is 19.7 Å². The average molecular weight is 381 g/mol. The number of aliphatic hydroxyl groups excluding tert-OH is 3. The third kappa shape index (κ3) is 8.34. The van der Waals surface area contributed by atoms with Crippen LogP contribution < -0.4 is 10.6 Å². The van der Waals surface area contributed by atoms with Crippen LogP contribution in [0.3, 0.4) is 0 Å². The second-order valence-corrected chi connectivity index (χ2v) is 4.91. The molecule has 0 aliphatic rings. The zero-order valence-corrected chi connectivity index (χ0v) is 13.2. The van der Waals surface area contributed by atoms with Gasteiger partial charge in [0, 0.05) is 0 Å². The van der Waals surface area contributed by atoms with Crippen molar-refractivity contribution in [2.24, 2.45) is 0 Å². The summed E-state index contributed by atoms with van der Waals surface area (Å²) in [5.41, 5.74) is 0. The van der Waals surface area contributed by atoms with E-state index in [1.807, 2.05) is 5.32 Å². The van der Waals surface area contributed by atoms with Crippen LogP contribution in [-0.2, 0) is 24.0 Å². The molecule has 0 rings (SSSR count). The number of carboxylic acids is 3. The smallest absolute Gasteiger partial charge is 0.322 e. The summed E-state index contributed by atoms with van der Waals surface area (Å²) in [6.07, 6.45) is -4.20. The van der Waals surface area contributed by atoms with Crippen LogP contribution in [0.2, 0.25) is 0 Å². The van der Waals surface area contributed by atoms with Gasteiger partial charge in [-0.1, -0.05) is 0 Å². The van der Waals surface area contributed by atoms with Gasteiger partial charge >= 0.3 is 17.9 Å². The lowest BCUT2D eigenvalue weighted by Crippen LogP contribution is -2.59. The van der Waals surface area contributed by atoms with Crippen molar-refractivity contribution in [3.63, 3.8) is 0 Å². The SMILES string of the molecule is O=C(O)CNC(=O)C(NC(=O)C(O)N(CC(=O)O)CC(=O)O)C(O)CO. The Balaban J connectivity index is 5.18. The van der Waals surface area contributed by atoms with E-state index in [1.54, 1.807) is 5.32 Å². The highest BCUT2D eigenvalue weighted by Crippen LogP contribution is 2.01. The third-order valence-corrected chi connectivity index (χ3v) is 2.82. The molecule has 3 unspecified atom stereocenters. The normalized spacial score (nSPS) is 14.2. The van der Waals surface area contributed by atoms with Gasteiger partial charge in [0.1, 0.15) is 18.7 Å². The van der Waals surface area contributed by atoms with Gasteiger partial charge in [-0.2, -0.15) is 0 Å². The molecule has 0 saturated heterocycles. The number of nitrogens with one attached hydrogen (secondary N) is 2. The zero-order valence-electron chi connectivity index (χ0n) is 13.2. The maximum absolute atomic E-state index is 11.9. The molecule has 0 aromatic rings. The fourth-order valence-corrected chi connectivity index (χ4v) is 1.68. The number of nitrogens with zero attached hydrogens (tertiary/aromatic N) is 1. The first kappa shape index (κ1) is 23.2. The maximum atomic E-state index is 11.9. The van der Waals surface area contributed by atoms with E-state index in [-0.39, 0.29) is 0 Å². The summed E-state index contributed by atoms with van der Waals surface area (Å²) < 4.78 is 0. The fraction of sp³-hybridized carbons (Fsp3) is 0.583. The van der Waals surface area contributed by atoms with Gasteiger partial charge in [0.25, 0.3) is 5.91 Å². The van der Waals surface area contributed by atoms with Gasteiger partial charge in [0.15, 0.2) is 6.23 Å². The van der Waals surface area contributed by atoms with Crippen LogP contribution in [-0.4, -0.2) is 110 Å². The van der Waals surface area contributed by atoms with E-state index < -0.39 is 74.3 Å². The first-order valence-corrected chi connectivity index (χ1v) is 6.94. The van der Waals surface area contributed by atoms with Gasteiger partial charge in [-0.15, -0.1) is 0 Å². The lowest BCUT2D eigenvalue weighted by molar-refractivity contribution is -0.154. The van der Waals surface area contributed by atoms with E-state index in [9.17, 15) is 34.2 Å². The van der Waals surface area contributed by atoms with Crippen molar-refractivity contribution >= 4 is 29.7 Å². The Morgan fingerprint density at radius 3 is 1.73 bits per heavy atom. The van der Waals surface area contributed by atoms with E-state index in [0.717, 1.165) is 0 Å². The Labute approximate surface area is 145 Å². The molecule has 0 aliphatic heterocycles. The second-order valence-electron chi connectivity index (χ2n) is 4.91. The van der Waals surface area contributed by atoms with Gasteiger partial charge in [-0.05, 0) is 0 Å². The van der Waals surface area contributed by atoms with Crippen LogP contribution in [0.15, 0.2) is 0 Å². The Bertz CT molecular complexity index is 537. The van der Waals surface area contributed by atoms with Crippen LogP contribution >= 0.6 is 0 Å². The summed E-state index contributed by atoms with van der Waals surface area (Å²) in [6, 6.07) is -1.89. The summed E-state index contributed by atoms with van der Waals surface area (Å²) >= 11 is 0. The number of hydrogen-bond acceptors (Lipinski definition) is 9. The van der Waals surface area contributed by atoms with Crippen LogP contribution in [0.1, 0.15) is 0 Å². The molecule has 14 heteroatoms. The number of carboxylic acid groups (broad SMARTS) is 3. The highest BCUT2D eigenvalue weighted by molar-refractivity contribution is 5.91. The van der Waals surface area contributed by atoms with Crippen LogP contribution in [0.25, 0.3) is 0 Å². The number of hydrogen-bond donors (Lipinski definition) is 8. The van der Waals surface area contributed by atoms with Crippen LogP contribution in [0, 0.1) is 0 Å². The molecule has 0 aromatic carbocycles. The molecule has 0 spiro atoms. The molecule has 3 atom stereocenters. The molecule has 14 nitrogen and oxygen atoms in total. The predicted octanol–water partition coefficient (Wildman–Crippen LogP) is -5.19. The van der Waals surface area contributed by atoms with Crippen molar-refractivity contribution in [1.82, 2.24) is 15.5 Å². The lowest BCUT2D eigenvalue weighted by Gasteiger charge is -2.27. The quantitative estimate of drug-likeness (QED) is 0.148. The Kier molecular flexibility index (Phi) is 9.75. The van der Waals surface area contributed by atoms with Crippen molar-refractivity contribution in [3.8, 4) is 0 Å². The van der Waals surface area contributed by atoms with Gasteiger partial charge in [0.2, 0.25) is 5.91 Å². The van der Waals surface area contributed by atoms with Gasteiger partial charge < -0.3 is 41.3 Å². The molecular formula is C12H19N3O11. The summed E-state index contributed by atoms with van der Waals surface area (Å²) in [5.74, 6) is -7.20. The first-order valence-electron chi connectivity index (χ1n) is 6.94. The highest BCUT2D eigenvalue weighted by atomic mass is 16.4. The second kappa shape index (κ2) is 10.9. The van der Waals surface area contributed by atoms with E-state index in [0.29, 0.717) is 4.90 Å². The molecule has 0 bridgehead atoms. The van der Waals surface area contributed by atoms with Gasteiger partial charge in [-0.25, -0.2) is 4.90 Å². The first-order chi connectivity index (χ1) is 12.0. The van der Waals surface area contributed by atoms with Crippen molar-refractivity contribution < 1.29 is 54.6 Å². The molecule has 8 N–H and O–H groups in total. The third-order valence-electron chi connectivity index (χ3n) is 2.82. The topological polar surface area (TPSA) is 234 Å². The van der Waals surface area contributed by atoms with Crippen LogP contribution in [0.5, 0.6) is 0 Å². The minimum atomic E-state index is -2.32. The monoisotopic (exact) mass is 381 g/mol. The summed E-state index contributed by atoms with van der Waals surface area (Å²) in [5, 5.41) is 57.7. The Hall–Kier alpha value is -2.81. The number of rotatable bonds is 12. The number of aliphatic carboxylic acids is 3. The molecule has 26 heavy (non-hydrogen) atoms. The summed E-state index contributed by atoms with van der Waals surface area (Å²) in [7, 11) is 0. The maximum Gasteiger partial charge on any atom is 0.322 e. The van der Waals surface area contributed by atoms with E-state index >= 15 is 0 Å². The van der Waals surface area contributed by atoms with E-state index in [2.05, 4.69) is 0 Å². The molecule has 148 valence electrons. The molecule has 0 aromatic heterocycles. The number of aliphatic hydroxyl groups is 3. The summed E-state index contributed by atoms with van der Waals surface area (Å²) in [4.78, 5) is 55.9. The predicted molar refractivity (Wildman–Crippen MR) is 78.5 cm³/mol. The molecule has 2 amide bonds. The number of amides is 2. The minimum Gasteiger partial charge on any atom is -0.480 e. The highest BCUT2D eigenvalue weighted by Gasteiger charge is 2.33. The lowest BCUT2D eigenvalue weighted by atomic mass is 10.1. The van der Waals surface area contributed by atoms with Crippen molar-refractivity contribution in [1.29, 1.82) is 0 Å². The van der Waals surface area contributed by atoms with E-state index in [4.69, 9.17) is 20.4 Å². The average Bonchev–Trinajstić information content (AvgIpc) is 2.54. The standard InChI is InChI=1S/C12H19N3O11/c16-4-5(17)9(10(24)13-1-6(18)19)14-11(25)12(26)15(2-7(20)21)3-8(22)23/h5,9,12,16-17,26H,1-4H2,(H,13,24)(H,14,25)(H,18,19)(H,20,21)(H,22,23). The Morgan fingerprint density at radius 2 is 1.35 bits per heavy atom. The van der Waals surface area contributed by atoms with Crippen LogP contribution in [0.4, 0.5) is 0 Å². The minimum absolute atomic E-state index is 0.345. The van der Waals surface area contributed by atoms with Crippen molar-refractivity contribution in [3.05, 3.63) is 0 Å². The summed E-state index contributed by atoms with van der Waals surface area (Å²) in [6.45, 7) is -3.94. The molecule has 0 fully saturated rings. The molecule has 0 radical (unpaired) electrons. The van der Waals surface area contributed by atoms with Crippen molar-refractivity contribution in [2.45, 2.75) is 18.4 Å². The molecule has 0 heterocycles. The zero-order chi connectivity index (χ0) is 20.4.